The lowest BCUT2D eigenvalue weighted by Crippen LogP contribution is -2.32. The van der Waals surface area contributed by atoms with Crippen LogP contribution in [0.25, 0.3) is 32.8 Å². The highest BCUT2D eigenvalue weighted by atomic mass is 15.1. The molecular formula is C30H28N3+. The largest absolute Gasteiger partial charge is 0.340 e. The van der Waals surface area contributed by atoms with E-state index >= 15 is 0 Å². The zero-order valence-corrected chi connectivity index (χ0v) is 19.0. The van der Waals surface area contributed by atoms with Crippen LogP contribution in [-0.2, 0) is 19.6 Å². The average Bonchev–Trinajstić information content (AvgIpc) is 3.37. The molecule has 0 saturated carbocycles. The van der Waals surface area contributed by atoms with Crippen molar-refractivity contribution in [3.63, 3.8) is 0 Å². The molecule has 0 radical (unpaired) electrons. The highest BCUT2D eigenvalue weighted by Gasteiger charge is 2.16. The first-order valence-corrected chi connectivity index (χ1v) is 11.8. The number of nitrogens with zero attached hydrogens (tertiary/aromatic N) is 3. The topological polar surface area (TPSA) is 13.7 Å². The smallest absolute Gasteiger partial charge is 0.245 e. The van der Waals surface area contributed by atoms with Crippen LogP contribution in [0, 0.1) is 6.92 Å². The van der Waals surface area contributed by atoms with Gasteiger partial charge in [0.25, 0.3) is 0 Å². The maximum atomic E-state index is 2.48. The molecule has 2 aromatic heterocycles. The molecule has 0 saturated heterocycles. The van der Waals surface area contributed by atoms with Gasteiger partial charge in [-0.2, -0.15) is 0 Å². The summed E-state index contributed by atoms with van der Waals surface area (Å²) in [6, 6.07) is 35.1. The molecule has 0 atom stereocenters. The minimum Gasteiger partial charge on any atom is -0.340 e. The second-order valence-corrected chi connectivity index (χ2v) is 8.95. The lowest BCUT2D eigenvalue weighted by molar-refractivity contribution is -0.663. The van der Waals surface area contributed by atoms with Crippen LogP contribution in [0.2, 0.25) is 0 Å². The van der Waals surface area contributed by atoms with Crippen molar-refractivity contribution in [2.24, 2.45) is 0 Å². The van der Waals surface area contributed by atoms with Gasteiger partial charge in [0.05, 0.1) is 6.54 Å². The Bertz CT molecular complexity index is 1510. The van der Waals surface area contributed by atoms with Gasteiger partial charge in [0.1, 0.15) is 6.54 Å². The van der Waals surface area contributed by atoms with Gasteiger partial charge in [0.15, 0.2) is 11.0 Å². The molecule has 0 aliphatic heterocycles. The lowest BCUT2D eigenvalue weighted by Gasteiger charge is -2.06. The molecule has 0 aliphatic rings. The molecule has 3 heteroatoms. The maximum absolute atomic E-state index is 2.48. The molecule has 6 aromatic rings. The number of hydrogen-bond acceptors (Lipinski definition) is 0. The SMILES string of the molecule is Cc1ccc(C[n+]2cn(CCCn3c4ccccc4c4ccccc43)c3ccccc32)cc1. The van der Waals surface area contributed by atoms with Gasteiger partial charge in [-0.05, 0) is 36.8 Å². The van der Waals surface area contributed by atoms with Gasteiger partial charge in [-0.25, -0.2) is 9.13 Å². The minimum absolute atomic E-state index is 0.890. The summed E-state index contributed by atoms with van der Waals surface area (Å²) in [5, 5.41) is 2.69. The van der Waals surface area contributed by atoms with Crippen molar-refractivity contribution < 1.29 is 4.57 Å². The van der Waals surface area contributed by atoms with Crippen molar-refractivity contribution >= 4 is 32.8 Å². The fraction of sp³-hybridized carbons (Fsp3) is 0.167. The first kappa shape index (κ1) is 19.8. The fourth-order valence-electron chi connectivity index (χ4n) is 5.08. The van der Waals surface area contributed by atoms with E-state index in [4.69, 9.17) is 0 Å². The Labute approximate surface area is 194 Å². The molecular weight excluding hydrogens is 402 g/mol. The van der Waals surface area contributed by atoms with Crippen LogP contribution >= 0.6 is 0 Å². The number of benzene rings is 4. The molecule has 162 valence electrons. The summed E-state index contributed by atoms with van der Waals surface area (Å²) < 4.78 is 7.27. The number of hydrogen-bond donors (Lipinski definition) is 0. The molecule has 4 aromatic carbocycles. The Morgan fingerprint density at radius 3 is 1.94 bits per heavy atom. The van der Waals surface area contributed by atoms with Gasteiger partial charge in [0, 0.05) is 34.8 Å². The summed E-state index contributed by atoms with van der Waals surface area (Å²) in [5.41, 5.74) is 7.87. The lowest BCUT2D eigenvalue weighted by atomic mass is 10.1. The summed E-state index contributed by atoms with van der Waals surface area (Å²) in [6.07, 6.45) is 3.36. The number of fused-ring (bicyclic) bond motifs is 4. The Kier molecular flexibility index (Phi) is 4.95. The van der Waals surface area contributed by atoms with E-state index in [2.05, 4.69) is 124 Å². The third-order valence-electron chi connectivity index (χ3n) is 6.71. The van der Waals surface area contributed by atoms with E-state index in [9.17, 15) is 0 Å². The number of imidazole rings is 1. The zero-order valence-electron chi connectivity index (χ0n) is 19.0. The minimum atomic E-state index is 0.890. The normalized spacial score (nSPS) is 11.7. The van der Waals surface area contributed by atoms with Crippen LogP contribution in [0.15, 0.2) is 103 Å². The summed E-state index contributed by atoms with van der Waals surface area (Å²) >= 11 is 0. The molecule has 0 spiro atoms. The van der Waals surface area contributed by atoms with Crippen molar-refractivity contribution in [2.45, 2.75) is 33.0 Å². The molecule has 0 amide bonds. The van der Waals surface area contributed by atoms with E-state index < -0.39 is 0 Å². The van der Waals surface area contributed by atoms with Crippen molar-refractivity contribution in [1.29, 1.82) is 0 Å². The Morgan fingerprint density at radius 1 is 0.636 bits per heavy atom. The average molecular weight is 431 g/mol. The predicted molar refractivity (Wildman–Crippen MR) is 136 cm³/mol. The first-order valence-electron chi connectivity index (χ1n) is 11.8. The van der Waals surface area contributed by atoms with E-state index in [0.717, 1.165) is 26.1 Å². The van der Waals surface area contributed by atoms with E-state index in [0.29, 0.717) is 0 Å². The van der Waals surface area contributed by atoms with Crippen molar-refractivity contribution in [3.05, 3.63) is 115 Å². The first-order chi connectivity index (χ1) is 16.3. The molecule has 0 fully saturated rings. The maximum Gasteiger partial charge on any atom is 0.245 e. The molecule has 33 heavy (non-hydrogen) atoms. The predicted octanol–water partition coefficient (Wildman–Crippen LogP) is 6.48. The number of para-hydroxylation sites is 4. The third-order valence-corrected chi connectivity index (χ3v) is 6.71. The van der Waals surface area contributed by atoms with Crippen LogP contribution in [0.1, 0.15) is 17.5 Å². The standard InChI is InChI=1S/C30H28N3/c1-23-15-17-24(18-16-23)21-32-22-31(29-13-6-7-14-30(29)32)19-8-20-33-27-11-4-2-9-25(27)26-10-3-5-12-28(26)33/h2-7,9-18,22H,8,19-21H2,1H3/q+1. The van der Waals surface area contributed by atoms with Crippen molar-refractivity contribution in [1.82, 2.24) is 9.13 Å². The van der Waals surface area contributed by atoms with Crippen molar-refractivity contribution in [2.75, 3.05) is 0 Å². The van der Waals surface area contributed by atoms with Gasteiger partial charge >= 0.3 is 0 Å². The van der Waals surface area contributed by atoms with Crippen LogP contribution in [0.4, 0.5) is 0 Å². The molecule has 3 nitrogen and oxygen atoms in total. The Hall–Kier alpha value is -3.85. The summed E-state index contributed by atoms with van der Waals surface area (Å²) in [7, 11) is 0. The summed E-state index contributed by atoms with van der Waals surface area (Å²) in [4.78, 5) is 0. The number of aryl methyl sites for hydroxylation is 3. The Morgan fingerprint density at radius 2 is 1.24 bits per heavy atom. The van der Waals surface area contributed by atoms with E-state index in [1.165, 1.54) is 44.0 Å². The van der Waals surface area contributed by atoms with Crippen LogP contribution in [-0.4, -0.2) is 9.13 Å². The monoisotopic (exact) mass is 430 g/mol. The fourth-order valence-corrected chi connectivity index (χ4v) is 5.08. The van der Waals surface area contributed by atoms with Gasteiger partial charge in [-0.15, -0.1) is 0 Å². The van der Waals surface area contributed by atoms with E-state index in [-0.39, 0.29) is 0 Å². The van der Waals surface area contributed by atoms with Gasteiger partial charge in [-0.3, -0.25) is 0 Å². The molecule has 0 N–H and O–H groups in total. The summed E-state index contributed by atoms with van der Waals surface area (Å²) in [5.74, 6) is 0. The highest BCUT2D eigenvalue weighted by molar-refractivity contribution is 6.07. The van der Waals surface area contributed by atoms with Gasteiger partial charge in [-0.1, -0.05) is 78.4 Å². The Balaban J connectivity index is 1.29. The van der Waals surface area contributed by atoms with Gasteiger partial charge < -0.3 is 4.57 Å². The highest BCUT2D eigenvalue weighted by Crippen LogP contribution is 2.29. The number of aromatic nitrogens is 3. The third kappa shape index (κ3) is 3.60. The summed E-state index contributed by atoms with van der Waals surface area (Å²) in [6.45, 7) is 5.02. The van der Waals surface area contributed by atoms with Crippen LogP contribution < -0.4 is 4.57 Å². The molecule has 2 heterocycles. The molecule has 0 unspecified atom stereocenters. The molecule has 6 rings (SSSR count). The van der Waals surface area contributed by atoms with E-state index in [1.807, 2.05) is 0 Å². The second kappa shape index (κ2) is 8.25. The number of rotatable bonds is 6. The van der Waals surface area contributed by atoms with E-state index in [1.54, 1.807) is 0 Å². The molecule has 0 bridgehead atoms. The zero-order chi connectivity index (χ0) is 22.2. The van der Waals surface area contributed by atoms with Crippen LogP contribution in [0.3, 0.4) is 0 Å². The second-order valence-electron chi connectivity index (χ2n) is 8.95. The quantitative estimate of drug-likeness (QED) is 0.268. The van der Waals surface area contributed by atoms with Gasteiger partial charge in [0.2, 0.25) is 6.33 Å². The van der Waals surface area contributed by atoms with Crippen LogP contribution in [0.5, 0.6) is 0 Å². The molecule has 0 aliphatic carbocycles. The van der Waals surface area contributed by atoms with Crippen molar-refractivity contribution in [3.8, 4) is 0 Å².